The molecule has 2 aromatic heterocycles. The Labute approximate surface area is 342 Å². The van der Waals surface area contributed by atoms with Crippen molar-refractivity contribution in [3.8, 4) is 33.4 Å². The molecule has 0 N–H and O–H groups in total. The van der Waals surface area contributed by atoms with Crippen LogP contribution < -0.4 is 0 Å². The van der Waals surface area contributed by atoms with Crippen LogP contribution in [0.15, 0.2) is 194 Å². The van der Waals surface area contributed by atoms with Gasteiger partial charge in [0.1, 0.15) is 0 Å². The fourth-order valence-electron chi connectivity index (χ4n) is 9.87. The lowest BCUT2D eigenvalue weighted by molar-refractivity contribution is 1.67. The van der Waals surface area contributed by atoms with Gasteiger partial charge in [-0.05, 0) is 112 Å². The molecule has 0 amide bonds. The second-order valence-corrected chi connectivity index (χ2v) is 17.6. The third-order valence-corrected chi connectivity index (χ3v) is 14.8. The molecule has 0 saturated heterocycles. The molecule has 2 heterocycles. The van der Waals surface area contributed by atoms with Crippen LogP contribution in [-0.4, -0.2) is 0 Å². The van der Waals surface area contributed by atoms with Crippen molar-refractivity contribution >= 4 is 117 Å². The summed E-state index contributed by atoms with van der Waals surface area (Å²) >= 11 is 3.83. The highest BCUT2D eigenvalue weighted by Gasteiger charge is 2.20. The molecule has 0 nitrogen and oxygen atoms in total. The van der Waals surface area contributed by atoms with Crippen molar-refractivity contribution in [2.45, 2.75) is 0 Å². The first-order valence-corrected chi connectivity index (χ1v) is 21.5. The molecule has 58 heavy (non-hydrogen) atoms. The standard InChI is InChI=1S/C56H32S2/c1-2-14-36-33(12-1)13-11-22-42(36)54-43-18-5-7-20-45(43)55(46-21-8-6-19-44(46)54)47-29-28-37(39-15-3-4-16-40(39)47)34-24-26-38-35(30-34)25-27-48-50-31-49-41-17-9-10-23-51(41)57-52(49)32-53(50)58-56(38)48/h1-32H. The molecule has 2 heteroatoms. The van der Waals surface area contributed by atoms with E-state index in [1.54, 1.807) is 0 Å². The molecule has 13 rings (SSSR count). The minimum absolute atomic E-state index is 1.24. The van der Waals surface area contributed by atoms with Crippen molar-refractivity contribution in [2.75, 3.05) is 0 Å². The van der Waals surface area contributed by atoms with E-state index in [2.05, 4.69) is 194 Å². The van der Waals surface area contributed by atoms with Crippen molar-refractivity contribution in [3.05, 3.63) is 194 Å². The molecule has 268 valence electrons. The van der Waals surface area contributed by atoms with Gasteiger partial charge < -0.3 is 0 Å². The summed E-state index contributed by atoms with van der Waals surface area (Å²) in [4.78, 5) is 0. The lowest BCUT2D eigenvalue weighted by Crippen LogP contribution is -1.93. The highest BCUT2D eigenvalue weighted by Crippen LogP contribution is 2.48. The molecule has 0 unspecified atom stereocenters. The quantitative estimate of drug-likeness (QED) is 0.157. The van der Waals surface area contributed by atoms with Crippen LogP contribution in [0.1, 0.15) is 0 Å². The zero-order valence-electron chi connectivity index (χ0n) is 31.3. The van der Waals surface area contributed by atoms with E-state index in [0.717, 1.165) is 0 Å². The lowest BCUT2D eigenvalue weighted by Gasteiger charge is -2.20. The number of benzene rings is 11. The predicted molar refractivity (Wildman–Crippen MR) is 256 cm³/mol. The second kappa shape index (κ2) is 12.3. The van der Waals surface area contributed by atoms with Crippen LogP contribution in [0.25, 0.3) is 128 Å². The number of thiophene rings is 2. The molecule has 0 saturated carbocycles. The number of hydrogen-bond donors (Lipinski definition) is 0. The summed E-state index contributed by atoms with van der Waals surface area (Å²) in [7, 11) is 0. The zero-order valence-corrected chi connectivity index (χ0v) is 32.9. The van der Waals surface area contributed by atoms with Gasteiger partial charge in [0.05, 0.1) is 0 Å². The zero-order chi connectivity index (χ0) is 37.9. The Balaban J connectivity index is 0.998. The maximum atomic E-state index is 2.43. The van der Waals surface area contributed by atoms with Crippen LogP contribution in [0.4, 0.5) is 0 Å². The average Bonchev–Trinajstić information content (AvgIpc) is 3.84. The van der Waals surface area contributed by atoms with Crippen LogP contribution in [0, 0.1) is 0 Å². The predicted octanol–water partition coefficient (Wildman–Crippen LogP) is 17.2. The largest absolute Gasteiger partial charge is 0.135 e. The van der Waals surface area contributed by atoms with Crippen molar-refractivity contribution < 1.29 is 0 Å². The number of fused-ring (bicyclic) bond motifs is 12. The van der Waals surface area contributed by atoms with Crippen molar-refractivity contribution in [1.29, 1.82) is 0 Å². The summed E-state index contributed by atoms with van der Waals surface area (Å²) in [5, 5.41) is 18.2. The van der Waals surface area contributed by atoms with Crippen LogP contribution in [0.2, 0.25) is 0 Å². The Morgan fingerprint density at radius 2 is 0.776 bits per heavy atom. The second-order valence-electron chi connectivity index (χ2n) is 15.5. The highest BCUT2D eigenvalue weighted by atomic mass is 32.1. The van der Waals surface area contributed by atoms with Crippen LogP contribution in [0.5, 0.6) is 0 Å². The van der Waals surface area contributed by atoms with E-state index in [-0.39, 0.29) is 0 Å². The molecule has 11 aromatic carbocycles. The topological polar surface area (TPSA) is 0 Å². The van der Waals surface area contributed by atoms with Gasteiger partial charge in [0.15, 0.2) is 0 Å². The van der Waals surface area contributed by atoms with E-state index >= 15 is 0 Å². The first-order valence-electron chi connectivity index (χ1n) is 19.9. The van der Waals surface area contributed by atoms with Gasteiger partial charge in [0.25, 0.3) is 0 Å². The fourth-order valence-corrected chi connectivity index (χ4v) is 12.3. The smallest absolute Gasteiger partial charge is 0.0433 e. The third-order valence-electron chi connectivity index (χ3n) is 12.4. The van der Waals surface area contributed by atoms with Gasteiger partial charge in [-0.25, -0.2) is 0 Å². The third kappa shape index (κ3) is 4.62. The highest BCUT2D eigenvalue weighted by molar-refractivity contribution is 7.28. The summed E-state index contributed by atoms with van der Waals surface area (Å²) in [5.74, 6) is 0. The van der Waals surface area contributed by atoms with Crippen molar-refractivity contribution in [2.24, 2.45) is 0 Å². The molecular formula is C56H32S2. The molecule has 0 aliphatic rings. The molecule has 0 atom stereocenters. The maximum Gasteiger partial charge on any atom is 0.0433 e. The maximum absolute atomic E-state index is 2.43. The van der Waals surface area contributed by atoms with E-state index in [1.807, 2.05) is 22.7 Å². The Hall–Kier alpha value is -6.84. The van der Waals surface area contributed by atoms with Gasteiger partial charge in [0, 0.05) is 40.3 Å². The Morgan fingerprint density at radius 1 is 0.241 bits per heavy atom. The van der Waals surface area contributed by atoms with Crippen molar-refractivity contribution in [1.82, 2.24) is 0 Å². The van der Waals surface area contributed by atoms with E-state index < -0.39 is 0 Å². The van der Waals surface area contributed by atoms with E-state index in [0.29, 0.717) is 0 Å². The van der Waals surface area contributed by atoms with Gasteiger partial charge in [-0.3, -0.25) is 0 Å². The van der Waals surface area contributed by atoms with Gasteiger partial charge in [-0.1, -0.05) is 170 Å². The fraction of sp³-hybridized carbons (Fsp3) is 0. The summed E-state index contributed by atoms with van der Waals surface area (Å²) in [6.45, 7) is 0. The van der Waals surface area contributed by atoms with Gasteiger partial charge in [0.2, 0.25) is 0 Å². The molecule has 0 bridgehead atoms. The average molecular weight is 769 g/mol. The first kappa shape index (κ1) is 32.3. The Bertz CT molecular complexity index is 3800. The molecule has 0 fully saturated rings. The summed E-state index contributed by atoms with van der Waals surface area (Å²) in [6, 6.07) is 72.6. The summed E-state index contributed by atoms with van der Waals surface area (Å²) < 4.78 is 5.45. The van der Waals surface area contributed by atoms with Crippen molar-refractivity contribution in [3.63, 3.8) is 0 Å². The molecule has 0 spiro atoms. The Morgan fingerprint density at radius 3 is 1.52 bits per heavy atom. The Kier molecular flexibility index (Phi) is 6.86. The van der Waals surface area contributed by atoms with E-state index in [9.17, 15) is 0 Å². The number of rotatable bonds is 3. The number of hydrogen-bond acceptors (Lipinski definition) is 2. The summed E-state index contributed by atoms with van der Waals surface area (Å²) in [5.41, 5.74) is 7.61. The first-order chi connectivity index (χ1) is 28.8. The lowest BCUT2D eigenvalue weighted by atomic mass is 9.83. The normalized spacial score (nSPS) is 12.1. The minimum atomic E-state index is 1.24. The molecule has 0 radical (unpaired) electrons. The molecular weight excluding hydrogens is 737 g/mol. The van der Waals surface area contributed by atoms with E-state index in [4.69, 9.17) is 0 Å². The SMILES string of the molecule is c1ccc2c(-c3c4ccccc4c(-c4ccc(-c5ccc6c(ccc7c8cc9c(cc8sc67)sc6ccccc69)c5)c5ccccc45)c4ccccc34)cccc2c1. The summed E-state index contributed by atoms with van der Waals surface area (Å²) in [6.07, 6.45) is 0. The van der Waals surface area contributed by atoms with E-state index in [1.165, 1.54) is 128 Å². The molecule has 0 aliphatic carbocycles. The minimum Gasteiger partial charge on any atom is -0.135 e. The monoisotopic (exact) mass is 768 g/mol. The molecule has 0 aliphatic heterocycles. The van der Waals surface area contributed by atoms with Crippen LogP contribution in [-0.2, 0) is 0 Å². The van der Waals surface area contributed by atoms with Gasteiger partial charge >= 0.3 is 0 Å². The van der Waals surface area contributed by atoms with Gasteiger partial charge in [-0.15, -0.1) is 22.7 Å². The molecule has 13 aromatic rings. The van der Waals surface area contributed by atoms with Gasteiger partial charge in [-0.2, -0.15) is 0 Å². The van der Waals surface area contributed by atoms with Crippen LogP contribution >= 0.6 is 22.7 Å². The van der Waals surface area contributed by atoms with Crippen LogP contribution in [0.3, 0.4) is 0 Å².